The van der Waals surface area contributed by atoms with Crippen LogP contribution in [-0.2, 0) is 19.2 Å². The van der Waals surface area contributed by atoms with Gasteiger partial charge in [0.15, 0.2) is 23.2 Å². The average molecular weight is 558 g/mol. The summed E-state index contributed by atoms with van der Waals surface area (Å²) in [4.78, 5) is 25.4. The second-order valence-electron chi connectivity index (χ2n) is 8.48. The van der Waals surface area contributed by atoms with Gasteiger partial charge >= 0.3 is 10.3 Å². The zero-order chi connectivity index (χ0) is 27.7. The third kappa shape index (κ3) is 5.25. The number of aliphatic hydroxyl groups is 2. The van der Waals surface area contributed by atoms with Gasteiger partial charge < -0.3 is 24.8 Å². The Morgan fingerprint density at radius 1 is 1.08 bits per heavy atom. The molecule has 2 aromatic heterocycles. The second kappa shape index (κ2) is 10.5. The van der Waals surface area contributed by atoms with Gasteiger partial charge in [0, 0.05) is 5.56 Å². The molecule has 1 amide bonds. The van der Waals surface area contributed by atoms with Crippen molar-refractivity contribution in [3.63, 3.8) is 0 Å². The summed E-state index contributed by atoms with van der Waals surface area (Å²) in [5.74, 6) is -1.04. The van der Waals surface area contributed by atoms with E-state index in [1.165, 1.54) is 42.3 Å². The number of ether oxygens (including phenoxy) is 2. The van der Waals surface area contributed by atoms with E-state index < -0.39 is 53.1 Å². The van der Waals surface area contributed by atoms with Gasteiger partial charge in [-0.3, -0.25) is 13.5 Å². The van der Waals surface area contributed by atoms with Crippen LogP contribution in [0.25, 0.3) is 22.6 Å². The van der Waals surface area contributed by atoms with Crippen LogP contribution in [0.5, 0.6) is 11.6 Å². The normalized spacial score (nSPS) is 21.2. The van der Waals surface area contributed by atoms with Crippen molar-refractivity contribution in [2.24, 2.45) is 0 Å². The first-order chi connectivity index (χ1) is 18.7. The number of hydrogen-bond acceptors (Lipinski definition) is 12. The molecule has 4 N–H and O–H groups in total. The molecule has 39 heavy (non-hydrogen) atoms. The molecular formula is C24H23N5O9S. The molecule has 3 heterocycles. The number of carbonyl (C=O) groups is 1. The molecule has 0 aliphatic carbocycles. The maximum absolute atomic E-state index is 12.3. The van der Waals surface area contributed by atoms with E-state index >= 15 is 0 Å². The summed E-state index contributed by atoms with van der Waals surface area (Å²) in [6.07, 6.45) is -4.29. The predicted octanol–water partition coefficient (Wildman–Crippen LogP) is 0.518. The Balaban J connectivity index is 1.34. The van der Waals surface area contributed by atoms with Crippen LogP contribution < -0.4 is 9.46 Å². The van der Waals surface area contributed by atoms with Gasteiger partial charge in [-0.2, -0.15) is 13.4 Å². The number of hydrogen-bond donors (Lipinski definition) is 4. The van der Waals surface area contributed by atoms with Gasteiger partial charge in [0.25, 0.3) is 5.91 Å². The largest absolute Gasteiger partial charge is 0.507 e. The molecule has 204 valence electrons. The molecule has 4 aromatic rings. The Hall–Kier alpha value is -4.15. The lowest BCUT2D eigenvalue weighted by molar-refractivity contribution is -0.0468. The molecule has 0 saturated carbocycles. The van der Waals surface area contributed by atoms with E-state index in [1.54, 1.807) is 16.9 Å². The van der Waals surface area contributed by atoms with E-state index in [1.807, 2.05) is 18.2 Å². The lowest BCUT2D eigenvalue weighted by atomic mass is 10.1. The van der Waals surface area contributed by atoms with Crippen molar-refractivity contribution in [2.75, 3.05) is 13.7 Å². The SMILES string of the molecule is COc1nc(-c2ccccc2)nc2c1ncn2[C@@H]1OC(COS(=O)(=O)NC(=O)c2ccccc2O)[C@@H](O)[C@H]1O. The summed E-state index contributed by atoms with van der Waals surface area (Å²) in [6.45, 7) is -0.738. The highest BCUT2D eigenvalue weighted by atomic mass is 32.2. The number of phenols is 1. The summed E-state index contributed by atoms with van der Waals surface area (Å²) in [5, 5.41) is 31.0. The van der Waals surface area contributed by atoms with E-state index in [0.29, 0.717) is 11.4 Å². The fourth-order valence-electron chi connectivity index (χ4n) is 4.05. The van der Waals surface area contributed by atoms with Crippen molar-refractivity contribution in [3.05, 3.63) is 66.5 Å². The van der Waals surface area contributed by atoms with E-state index in [0.717, 1.165) is 0 Å². The van der Waals surface area contributed by atoms with E-state index in [2.05, 4.69) is 15.0 Å². The molecular weight excluding hydrogens is 534 g/mol. The van der Waals surface area contributed by atoms with Crippen LogP contribution in [0.4, 0.5) is 0 Å². The number of aromatic nitrogens is 4. The van der Waals surface area contributed by atoms with Crippen molar-refractivity contribution in [3.8, 4) is 23.0 Å². The van der Waals surface area contributed by atoms with Crippen molar-refractivity contribution in [1.82, 2.24) is 24.2 Å². The lowest BCUT2D eigenvalue weighted by Gasteiger charge is -2.17. The summed E-state index contributed by atoms with van der Waals surface area (Å²) in [7, 11) is -3.24. The van der Waals surface area contributed by atoms with Gasteiger partial charge in [-0.25, -0.2) is 14.7 Å². The third-order valence-corrected chi connectivity index (χ3v) is 6.86. The predicted molar refractivity (Wildman–Crippen MR) is 134 cm³/mol. The molecule has 0 bridgehead atoms. The molecule has 2 aromatic carbocycles. The van der Waals surface area contributed by atoms with Crippen molar-refractivity contribution in [2.45, 2.75) is 24.5 Å². The maximum Gasteiger partial charge on any atom is 0.362 e. The minimum atomic E-state index is -4.67. The van der Waals surface area contributed by atoms with Crippen LogP contribution >= 0.6 is 0 Å². The molecule has 1 saturated heterocycles. The smallest absolute Gasteiger partial charge is 0.362 e. The molecule has 1 aliphatic rings. The number of amides is 1. The minimum Gasteiger partial charge on any atom is -0.507 e. The third-order valence-electron chi connectivity index (χ3n) is 5.98. The van der Waals surface area contributed by atoms with Crippen molar-refractivity contribution < 1.29 is 42.2 Å². The summed E-state index contributed by atoms with van der Waals surface area (Å²) >= 11 is 0. The molecule has 0 spiro atoms. The number of nitrogens with one attached hydrogen (secondary N) is 1. The number of nitrogens with zero attached hydrogens (tertiary/aromatic N) is 4. The lowest BCUT2D eigenvalue weighted by Crippen LogP contribution is -2.37. The van der Waals surface area contributed by atoms with Gasteiger partial charge in [0.2, 0.25) is 5.88 Å². The Morgan fingerprint density at radius 2 is 1.79 bits per heavy atom. The molecule has 1 fully saturated rings. The number of benzene rings is 2. The van der Waals surface area contributed by atoms with Crippen LogP contribution in [0.15, 0.2) is 60.9 Å². The van der Waals surface area contributed by atoms with Gasteiger partial charge in [-0.15, -0.1) is 0 Å². The van der Waals surface area contributed by atoms with Gasteiger partial charge in [-0.1, -0.05) is 42.5 Å². The summed E-state index contributed by atoms with van der Waals surface area (Å²) in [5.41, 5.74) is 0.926. The highest BCUT2D eigenvalue weighted by Crippen LogP contribution is 2.34. The Kier molecular flexibility index (Phi) is 7.16. The van der Waals surface area contributed by atoms with Crippen LogP contribution in [0.1, 0.15) is 16.6 Å². The molecule has 14 nitrogen and oxygen atoms in total. The van der Waals surface area contributed by atoms with Crippen LogP contribution in [0.2, 0.25) is 0 Å². The molecule has 0 radical (unpaired) electrons. The molecule has 1 aliphatic heterocycles. The van der Waals surface area contributed by atoms with Crippen LogP contribution in [0, 0.1) is 0 Å². The molecule has 15 heteroatoms. The number of rotatable bonds is 8. The van der Waals surface area contributed by atoms with Crippen molar-refractivity contribution in [1.29, 1.82) is 0 Å². The minimum absolute atomic E-state index is 0.178. The fourth-order valence-corrected chi connectivity index (χ4v) is 4.76. The first-order valence-electron chi connectivity index (χ1n) is 11.5. The first-order valence-corrected chi connectivity index (χ1v) is 12.9. The first kappa shape index (κ1) is 26.5. The summed E-state index contributed by atoms with van der Waals surface area (Å²) < 4.78 is 43.6. The number of aliphatic hydroxyl groups excluding tert-OH is 2. The number of imidazole rings is 1. The number of aromatic hydroxyl groups is 1. The van der Waals surface area contributed by atoms with Gasteiger partial charge in [-0.05, 0) is 12.1 Å². The number of para-hydroxylation sites is 1. The van der Waals surface area contributed by atoms with E-state index in [-0.39, 0.29) is 22.6 Å². The van der Waals surface area contributed by atoms with Crippen molar-refractivity contribution >= 4 is 27.4 Å². The second-order valence-corrected chi connectivity index (χ2v) is 9.83. The number of fused-ring (bicyclic) bond motifs is 1. The van der Waals surface area contributed by atoms with Crippen LogP contribution in [-0.4, -0.2) is 81.2 Å². The standard InChI is InChI=1S/C24H23N5O9S/c1-36-23-17-21(26-20(27-23)13-7-3-2-4-8-13)29(12-25-17)24-19(32)18(31)16(38-24)11-37-39(34,35)28-22(33)14-9-5-6-10-15(14)30/h2-10,12,16,18-19,24,30-32H,11H2,1H3,(H,28,33)/t16?,18-,19-,24-/m1/s1. The molecule has 5 rings (SSSR count). The quantitative estimate of drug-likeness (QED) is 0.235. The topological polar surface area (TPSA) is 195 Å². The van der Waals surface area contributed by atoms with Gasteiger partial charge in [0.05, 0.1) is 25.6 Å². The summed E-state index contributed by atoms with van der Waals surface area (Å²) in [6, 6.07) is 14.4. The highest BCUT2D eigenvalue weighted by molar-refractivity contribution is 7.85. The molecule has 4 atom stereocenters. The maximum atomic E-state index is 12.3. The number of methoxy groups -OCH3 is 1. The highest BCUT2D eigenvalue weighted by Gasteiger charge is 2.45. The van der Waals surface area contributed by atoms with Crippen LogP contribution in [0.3, 0.4) is 0 Å². The molecule has 1 unspecified atom stereocenters. The Bertz CT molecular complexity index is 1610. The fraction of sp³-hybridized carbons (Fsp3) is 0.250. The Labute approximate surface area is 221 Å². The Morgan fingerprint density at radius 3 is 2.51 bits per heavy atom. The van der Waals surface area contributed by atoms with Gasteiger partial charge in [0.1, 0.15) is 24.1 Å². The average Bonchev–Trinajstić information content (AvgIpc) is 3.47. The number of carbonyl (C=O) groups excluding carboxylic acids is 1. The zero-order valence-corrected chi connectivity index (χ0v) is 21.1. The zero-order valence-electron chi connectivity index (χ0n) is 20.3. The van der Waals surface area contributed by atoms with E-state index in [9.17, 15) is 28.5 Å². The number of phenolic OH excluding ortho intramolecular Hbond substituents is 1. The monoisotopic (exact) mass is 557 g/mol. The van der Waals surface area contributed by atoms with E-state index in [4.69, 9.17) is 13.7 Å².